The number of nitrogens with zero attached hydrogens (tertiary/aromatic N) is 2. The molecule has 1 aliphatic rings. The fraction of sp³-hybridized carbons (Fsp3) is 0.333. The molecule has 0 radical (unpaired) electrons. The van der Waals surface area contributed by atoms with E-state index in [0.29, 0.717) is 5.69 Å². The highest BCUT2D eigenvalue weighted by molar-refractivity contribution is 5.89. The summed E-state index contributed by atoms with van der Waals surface area (Å²) in [5, 5.41) is 2.94. The quantitative estimate of drug-likeness (QED) is 0.871. The van der Waals surface area contributed by atoms with Gasteiger partial charge in [0.15, 0.2) is 12.3 Å². The van der Waals surface area contributed by atoms with Crippen molar-refractivity contribution in [3.63, 3.8) is 0 Å². The van der Waals surface area contributed by atoms with Gasteiger partial charge in [0, 0.05) is 6.20 Å². The number of amides is 1. The van der Waals surface area contributed by atoms with Crippen molar-refractivity contribution < 1.29 is 14.3 Å². The molecule has 1 aromatic carbocycles. The number of carbonyl (C=O) groups excluding carboxylic acids is 2. The van der Waals surface area contributed by atoms with Crippen LogP contribution in [0.1, 0.15) is 46.2 Å². The second-order valence-electron chi connectivity index (χ2n) is 5.83. The highest BCUT2D eigenvalue weighted by atomic mass is 16.5. The number of aryl methyl sites for hydroxylation is 2. The zero-order valence-corrected chi connectivity index (χ0v) is 13.5. The van der Waals surface area contributed by atoms with Gasteiger partial charge in [0.25, 0.3) is 5.91 Å². The molecule has 0 unspecified atom stereocenters. The molecule has 0 saturated carbocycles. The van der Waals surface area contributed by atoms with Crippen LogP contribution in [-0.2, 0) is 16.0 Å². The van der Waals surface area contributed by atoms with Crippen molar-refractivity contribution in [2.75, 3.05) is 6.61 Å². The Morgan fingerprint density at radius 2 is 2.08 bits per heavy atom. The summed E-state index contributed by atoms with van der Waals surface area (Å²) in [6, 6.07) is 8.07. The highest BCUT2D eigenvalue weighted by Crippen LogP contribution is 2.29. The van der Waals surface area contributed by atoms with Gasteiger partial charge >= 0.3 is 5.97 Å². The van der Waals surface area contributed by atoms with Gasteiger partial charge in [-0.05, 0) is 37.3 Å². The minimum atomic E-state index is -0.651. The Balaban J connectivity index is 1.55. The van der Waals surface area contributed by atoms with Crippen LogP contribution in [0.25, 0.3) is 0 Å². The molecular formula is C18H19N3O3. The molecule has 0 bridgehead atoms. The van der Waals surface area contributed by atoms with Gasteiger partial charge < -0.3 is 10.1 Å². The van der Waals surface area contributed by atoms with E-state index in [2.05, 4.69) is 21.4 Å². The van der Waals surface area contributed by atoms with Crippen LogP contribution < -0.4 is 5.32 Å². The third-order valence-electron chi connectivity index (χ3n) is 4.03. The third kappa shape index (κ3) is 3.76. The maximum Gasteiger partial charge on any atom is 0.359 e. The Morgan fingerprint density at radius 1 is 1.25 bits per heavy atom. The third-order valence-corrected chi connectivity index (χ3v) is 4.03. The monoisotopic (exact) mass is 325 g/mol. The fourth-order valence-corrected chi connectivity index (χ4v) is 2.84. The first kappa shape index (κ1) is 16.1. The van der Waals surface area contributed by atoms with E-state index in [9.17, 15) is 9.59 Å². The van der Waals surface area contributed by atoms with Crippen LogP contribution in [0.2, 0.25) is 0 Å². The summed E-state index contributed by atoms with van der Waals surface area (Å²) >= 11 is 0. The van der Waals surface area contributed by atoms with E-state index in [1.54, 1.807) is 6.92 Å². The number of nitrogens with one attached hydrogen (secondary N) is 1. The van der Waals surface area contributed by atoms with E-state index in [1.165, 1.54) is 18.0 Å². The molecule has 1 heterocycles. The maximum atomic E-state index is 12.1. The molecule has 2 aromatic rings. The van der Waals surface area contributed by atoms with Crippen molar-refractivity contribution in [3.05, 3.63) is 59.2 Å². The number of rotatable bonds is 4. The molecule has 0 fully saturated rings. The van der Waals surface area contributed by atoms with Crippen molar-refractivity contribution >= 4 is 11.9 Å². The van der Waals surface area contributed by atoms with E-state index in [1.807, 2.05) is 18.2 Å². The molecular weight excluding hydrogens is 306 g/mol. The summed E-state index contributed by atoms with van der Waals surface area (Å²) in [5.41, 5.74) is 3.21. The van der Waals surface area contributed by atoms with Crippen LogP contribution in [0.5, 0.6) is 0 Å². The van der Waals surface area contributed by atoms with E-state index in [-0.39, 0.29) is 24.2 Å². The number of ether oxygens (including phenoxy) is 1. The van der Waals surface area contributed by atoms with Gasteiger partial charge in [-0.2, -0.15) is 0 Å². The zero-order valence-electron chi connectivity index (χ0n) is 13.5. The summed E-state index contributed by atoms with van der Waals surface area (Å²) in [6.45, 7) is 1.45. The van der Waals surface area contributed by atoms with Crippen molar-refractivity contribution in [2.24, 2.45) is 0 Å². The number of hydrogen-bond donors (Lipinski definition) is 1. The molecule has 1 N–H and O–H groups in total. The summed E-state index contributed by atoms with van der Waals surface area (Å²) < 4.78 is 5.01. The maximum absolute atomic E-state index is 12.1. The Hall–Kier alpha value is -2.76. The Labute approximate surface area is 140 Å². The summed E-state index contributed by atoms with van der Waals surface area (Å²) in [7, 11) is 0. The molecule has 0 aliphatic heterocycles. The lowest BCUT2D eigenvalue weighted by Gasteiger charge is -2.26. The molecule has 6 nitrogen and oxygen atoms in total. The lowest BCUT2D eigenvalue weighted by molar-refractivity contribution is -0.125. The van der Waals surface area contributed by atoms with Crippen LogP contribution >= 0.6 is 0 Å². The summed E-state index contributed by atoms with van der Waals surface area (Å²) in [4.78, 5) is 31.8. The van der Waals surface area contributed by atoms with Crippen LogP contribution in [0.3, 0.4) is 0 Å². The SMILES string of the molecule is Cc1cnc(C(=O)OCC(=O)N[C@@H]2CCCc3ccccc32)cn1. The van der Waals surface area contributed by atoms with Crippen molar-refractivity contribution in [1.29, 1.82) is 0 Å². The number of carbonyl (C=O) groups is 2. The van der Waals surface area contributed by atoms with Crippen LogP contribution in [0, 0.1) is 6.92 Å². The number of aromatic nitrogens is 2. The van der Waals surface area contributed by atoms with E-state index < -0.39 is 5.97 Å². The second kappa shape index (κ2) is 7.21. The lowest BCUT2D eigenvalue weighted by atomic mass is 9.88. The first-order chi connectivity index (χ1) is 11.6. The predicted octanol–water partition coefficient (Wildman–Crippen LogP) is 2.14. The fourth-order valence-electron chi connectivity index (χ4n) is 2.84. The van der Waals surface area contributed by atoms with Gasteiger partial charge in [0.2, 0.25) is 0 Å². The molecule has 0 spiro atoms. The Morgan fingerprint density at radius 3 is 2.88 bits per heavy atom. The van der Waals surface area contributed by atoms with E-state index in [4.69, 9.17) is 4.74 Å². The normalized spacial score (nSPS) is 16.1. The summed E-state index contributed by atoms with van der Waals surface area (Å²) in [6.07, 6.45) is 5.77. The standard InChI is InChI=1S/C18H19N3O3/c1-12-9-20-16(10-19-12)18(23)24-11-17(22)21-15-8-4-6-13-5-2-3-7-14(13)15/h2-3,5,7,9-10,15H,4,6,8,11H2,1H3,(H,21,22)/t15-/m1/s1. The largest absolute Gasteiger partial charge is 0.451 e. The van der Waals surface area contributed by atoms with Gasteiger partial charge in [-0.15, -0.1) is 0 Å². The molecule has 1 amide bonds. The average molecular weight is 325 g/mol. The van der Waals surface area contributed by atoms with Gasteiger partial charge in [0.1, 0.15) is 0 Å². The van der Waals surface area contributed by atoms with Crippen molar-refractivity contribution in [1.82, 2.24) is 15.3 Å². The van der Waals surface area contributed by atoms with Gasteiger partial charge in [0.05, 0.1) is 17.9 Å². The van der Waals surface area contributed by atoms with Crippen LogP contribution in [0.15, 0.2) is 36.7 Å². The van der Waals surface area contributed by atoms with Gasteiger partial charge in [-0.25, -0.2) is 9.78 Å². The molecule has 3 rings (SSSR count). The number of hydrogen-bond acceptors (Lipinski definition) is 5. The number of benzene rings is 1. The lowest BCUT2D eigenvalue weighted by Crippen LogP contribution is -2.34. The number of esters is 1. The molecule has 1 aromatic heterocycles. The van der Waals surface area contributed by atoms with Gasteiger partial charge in [-0.1, -0.05) is 24.3 Å². The molecule has 24 heavy (non-hydrogen) atoms. The summed E-state index contributed by atoms with van der Waals surface area (Å²) in [5.74, 6) is -0.966. The number of fused-ring (bicyclic) bond motifs is 1. The molecule has 1 aliphatic carbocycles. The minimum absolute atomic E-state index is 0.0275. The first-order valence-electron chi connectivity index (χ1n) is 7.96. The van der Waals surface area contributed by atoms with Crippen LogP contribution in [-0.4, -0.2) is 28.5 Å². The van der Waals surface area contributed by atoms with Crippen LogP contribution in [0.4, 0.5) is 0 Å². The molecule has 6 heteroatoms. The zero-order chi connectivity index (χ0) is 16.9. The second-order valence-corrected chi connectivity index (χ2v) is 5.83. The topological polar surface area (TPSA) is 81.2 Å². The van der Waals surface area contributed by atoms with Gasteiger partial charge in [-0.3, -0.25) is 9.78 Å². The molecule has 1 atom stereocenters. The minimum Gasteiger partial charge on any atom is -0.451 e. The smallest absolute Gasteiger partial charge is 0.359 e. The molecule has 124 valence electrons. The van der Waals surface area contributed by atoms with Crippen molar-refractivity contribution in [2.45, 2.75) is 32.2 Å². The Kier molecular flexibility index (Phi) is 4.84. The average Bonchev–Trinajstić information content (AvgIpc) is 2.61. The highest BCUT2D eigenvalue weighted by Gasteiger charge is 2.22. The van der Waals surface area contributed by atoms with E-state index >= 15 is 0 Å². The Bertz CT molecular complexity index is 743. The molecule has 0 saturated heterocycles. The van der Waals surface area contributed by atoms with E-state index in [0.717, 1.165) is 24.8 Å². The first-order valence-corrected chi connectivity index (χ1v) is 7.96. The predicted molar refractivity (Wildman–Crippen MR) is 87.3 cm³/mol. The van der Waals surface area contributed by atoms with Crippen molar-refractivity contribution in [3.8, 4) is 0 Å².